The third-order valence-corrected chi connectivity index (χ3v) is 3.19. The number of nitrogens with one attached hydrogen (secondary N) is 1. The van der Waals surface area contributed by atoms with Crippen LogP contribution in [0.1, 0.15) is 25.4 Å². The van der Waals surface area contributed by atoms with Gasteiger partial charge in [0.05, 0.1) is 4.47 Å². The third-order valence-electron chi connectivity index (χ3n) is 1.78. The average molecular weight is 277 g/mol. The molecular formula is C9H13BrN2OS. The normalized spacial score (nSPS) is 10.5. The summed E-state index contributed by atoms with van der Waals surface area (Å²) in [5, 5.41) is 0. The maximum Gasteiger partial charge on any atom is 0.144 e. The fourth-order valence-corrected chi connectivity index (χ4v) is 1.77. The van der Waals surface area contributed by atoms with Crippen molar-refractivity contribution in [1.29, 1.82) is 0 Å². The van der Waals surface area contributed by atoms with Gasteiger partial charge in [-0.15, -0.1) is 0 Å². The zero-order chi connectivity index (χ0) is 10.6. The van der Waals surface area contributed by atoms with E-state index in [1.165, 1.54) is 0 Å². The summed E-state index contributed by atoms with van der Waals surface area (Å²) in [5.74, 6) is 0.789. The summed E-state index contributed by atoms with van der Waals surface area (Å²) >= 11 is 8.52. The molecule has 14 heavy (non-hydrogen) atoms. The van der Waals surface area contributed by atoms with Crippen LogP contribution < -0.4 is 0 Å². The molecule has 0 radical (unpaired) electrons. The topological polar surface area (TPSA) is 37.9 Å². The maximum atomic E-state index is 5.26. The molecule has 0 aliphatic heterocycles. The minimum atomic E-state index is 0.487. The quantitative estimate of drug-likeness (QED) is 0.860. The Labute approximate surface area is 97.0 Å². The Morgan fingerprint density at radius 2 is 2.21 bits per heavy atom. The summed E-state index contributed by atoms with van der Waals surface area (Å²) in [4.78, 5) is 7.39. The molecule has 0 aromatic carbocycles. The Balaban J connectivity index is 2.98. The first kappa shape index (κ1) is 11.8. The molecule has 3 nitrogen and oxygen atoms in total. The molecule has 0 bridgehead atoms. The van der Waals surface area contributed by atoms with E-state index in [4.69, 9.17) is 17.0 Å². The molecule has 1 aromatic rings. The number of halogens is 1. The summed E-state index contributed by atoms with van der Waals surface area (Å²) in [5.41, 5.74) is 1.07. The Bertz CT molecular complexity index is 364. The van der Waals surface area contributed by atoms with Crippen molar-refractivity contribution in [2.24, 2.45) is 0 Å². The van der Waals surface area contributed by atoms with Gasteiger partial charge in [0.25, 0.3) is 0 Å². The second kappa shape index (κ2) is 5.58. The first-order valence-electron chi connectivity index (χ1n) is 4.54. The number of aromatic nitrogens is 2. The molecule has 0 saturated heterocycles. The highest BCUT2D eigenvalue weighted by molar-refractivity contribution is 9.10. The second-order valence-corrected chi connectivity index (χ2v) is 3.95. The molecule has 0 aliphatic rings. The minimum absolute atomic E-state index is 0.487. The summed E-state index contributed by atoms with van der Waals surface area (Å²) in [6.07, 6.45) is 0.895. The first-order valence-corrected chi connectivity index (χ1v) is 5.74. The molecule has 1 N–H and O–H groups in total. The van der Waals surface area contributed by atoms with Gasteiger partial charge in [-0.1, -0.05) is 19.1 Å². The van der Waals surface area contributed by atoms with Gasteiger partial charge in [-0.3, -0.25) is 0 Å². The Morgan fingerprint density at radius 3 is 2.79 bits per heavy atom. The van der Waals surface area contributed by atoms with Crippen molar-refractivity contribution in [2.45, 2.75) is 26.9 Å². The summed E-state index contributed by atoms with van der Waals surface area (Å²) in [6, 6.07) is 0. The first-order chi connectivity index (χ1) is 6.69. The SMILES string of the molecule is CCOCc1nc(=S)c(Br)c(CC)[nH]1. The van der Waals surface area contributed by atoms with E-state index in [9.17, 15) is 0 Å². The molecule has 1 aromatic heterocycles. The fourth-order valence-electron chi connectivity index (χ4n) is 1.07. The van der Waals surface area contributed by atoms with Gasteiger partial charge in [-0.25, -0.2) is 4.98 Å². The van der Waals surface area contributed by atoms with Gasteiger partial charge in [0.1, 0.15) is 17.1 Å². The van der Waals surface area contributed by atoms with Gasteiger partial charge >= 0.3 is 0 Å². The van der Waals surface area contributed by atoms with Gasteiger partial charge < -0.3 is 9.72 Å². The van der Waals surface area contributed by atoms with E-state index < -0.39 is 0 Å². The number of aryl methyl sites for hydroxylation is 1. The summed E-state index contributed by atoms with van der Waals surface area (Å²) < 4.78 is 6.74. The Kier molecular flexibility index (Phi) is 4.71. The molecule has 0 amide bonds. The smallest absolute Gasteiger partial charge is 0.144 e. The van der Waals surface area contributed by atoms with Crippen molar-refractivity contribution in [1.82, 2.24) is 9.97 Å². The number of rotatable bonds is 4. The van der Waals surface area contributed by atoms with E-state index in [0.717, 1.165) is 22.4 Å². The zero-order valence-corrected chi connectivity index (χ0v) is 10.7. The van der Waals surface area contributed by atoms with Crippen molar-refractivity contribution in [2.75, 3.05) is 6.61 Å². The largest absolute Gasteiger partial charge is 0.374 e. The van der Waals surface area contributed by atoms with Crippen LogP contribution in [0.2, 0.25) is 0 Å². The van der Waals surface area contributed by atoms with Crippen LogP contribution in [0.4, 0.5) is 0 Å². The monoisotopic (exact) mass is 276 g/mol. The van der Waals surface area contributed by atoms with E-state index in [-0.39, 0.29) is 0 Å². The predicted molar refractivity (Wildman–Crippen MR) is 61.8 cm³/mol. The fraction of sp³-hybridized carbons (Fsp3) is 0.556. The average Bonchev–Trinajstić information content (AvgIpc) is 2.19. The molecule has 5 heteroatoms. The van der Waals surface area contributed by atoms with Crippen LogP contribution in [0, 0.1) is 4.64 Å². The Hall–Kier alpha value is -0.260. The lowest BCUT2D eigenvalue weighted by molar-refractivity contribution is 0.128. The molecule has 0 atom stereocenters. The third kappa shape index (κ3) is 2.87. The van der Waals surface area contributed by atoms with Crippen LogP contribution in [0.3, 0.4) is 0 Å². The predicted octanol–water partition coefficient (Wildman–Crippen LogP) is 3.00. The molecule has 0 aliphatic carbocycles. The lowest BCUT2D eigenvalue weighted by Gasteiger charge is -2.06. The van der Waals surface area contributed by atoms with Crippen molar-refractivity contribution in [3.05, 3.63) is 20.6 Å². The highest BCUT2D eigenvalue weighted by Crippen LogP contribution is 2.16. The van der Waals surface area contributed by atoms with Crippen LogP contribution in [0.25, 0.3) is 0 Å². The van der Waals surface area contributed by atoms with E-state index in [1.54, 1.807) is 0 Å². The van der Waals surface area contributed by atoms with E-state index >= 15 is 0 Å². The lowest BCUT2D eigenvalue weighted by atomic mass is 10.3. The van der Waals surface area contributed by atoms with E-state index in [0.29, 0.717) is 17.9 Å². The number of ether oxygens (including phenoxy) is 1. The van der Waals surface area contributed by atoms with Gasteiger partial charge in [-0.2, -0.15) is 0 Å². The van der Waals surface area contributed by atoms with Crippen molar-refractivity contribution >= 4 is 28.1 Å². The van der Waals surface area contributed by atoms with Gasteiger partial charge in [-0.05, 0) is 29.3 Å². The van der Waals surface area contributed by atoms with Crippen molar-refractivity contribution in [3.8, 4) is 0 Å². The van der Waals surface area contributed by atoms with Gasteiger partial charge in [0, 0.05) is 12.3 Å². The van der Waals surface area contributed by atoms with E-state index in [2.05, 4.69) is 32.8 Å². The highest BCUT2D eigenvalue weighted by Gasteiger charge is 2.04. The molecular weight excluding hydrogens is 264 g/mol. The van der Waals surface area contributed by atoms with Crippen LogP contribution in [-0.4, -0.2) is 16.6 Å². The minimum Gasteiger partial charge on any atom is -0.374 e. The zero-order valence-electron chi connectivity index (χ0n) is 8.26. The Morgan fingerprint density at radius 1 is 1.50 bits per heavy atom. The maximum absolute atomic E-state index is 5.26. The van der Waals surface area contributed by atoms with E-state index in [1.807, 2.05) is 6.92 Å². The molecule has 1 heterocycles. The lowest BCUT2D eigenvalue weighted by Crippen LogP contribution is -2.03. The van der Waals surface area contributed by atoms with Crippen molar-refractivity contribution < 1.29 is 4.74 Å². The van der Waals surface area contributed by atoms with Crippen LogP contribution in [0.5, 0.6) is 0 Å². The van der Waals surface area contributed by atoms with Crippen molar-refractivity contribution in [3.63, 3.8) is 0 Å². The van der Waals surface area contributed by atoms with Crippen LogP contribution in [0.15, 0.2) is 4.47 Å². The molecule has 0 saturated carbocycles. The molecule has 0 spiro atoms. The summed E-state index contributed by atoms with van der Waals surface area (Å²) in [7, 11) is 0. The number of hydrogen-bond acceptors (Lipinski definition) is 3. The second-order valence-electron chi connectivity index (χ2n) is 2.77. The standard InChI is InChI=1S/C9H13BrN2OS/c1-3-6-8(10)9(14)12-7(11-6)5-13-4-2/h3-5H2,1-2H3,(H,11,12,14). The number of H-pyrrole nitrogens is 1. The van der Waals surface area contributed by atoms with Gasteiger partial charge in [0.15, 0.2) is 0 Å². The molecule has 1 rings (SSSR count). The summed E-state index contributed by atoms with van der Waals surface area (Å²) in [6.45, 7) is 5.18. The van der Waals surface area contributed by atoms with Gasteiger partial charge in [0.2, 0.25) is 0 Å². The van der Waals surface area contributed by atoms with Crippen LogP contribution >= 0.6 is 28.1 Å². The number of hydrogen-bond donors (Lipinski definition) is 1. The van der Waals surface area contributed by atoms with Crippen LogP contribution in [-0.2, 0) is 17.8 Å². The molecule has 0 fully saturated rings. The highest BCUT2D eigenvalue weighted by atomic mass is 79.9. The number of aromatic amines is 1. The number of nitrogens with zero attached hydrogens (tertiary/aromatic N) is 1. The molecule has 0 unspecified atom stereocenters. The molecule has 78 valence electrons.